The predicted octanol–water partition coefficient (Wildman–Crippen LogP) is 3.72. The molecule has 0 aliphatic carbocycles. The second-order valence-corrected chi connectivity index (χ2v) is 6.66. The fraction of sp³-hybridized carbons (Fsp3) is 0.318. The Hall–Kier alpha value is -2.67. The third-order valence-electron chi connectivity index (χ3n) is 4.58. The van der Waals surface area contributed by atoms with E-state index in [4.69, 9.17) is 19.4 Å². The van der Waals surface area contributed by atoms with E-state index in [0.29, 0.717) is 29.4 Å². The number of rotatable bonds is 9. The lowest BCUT2D eigenvalue weighted by Gasteiger charge is -2.17. The van der Waals surface area contributed by atoms with E-state index in [1.807, 2.05) is 31.2 Å². The molecule has 28 heavy (non-hydrogen) atoms. The average Bonchev–Trinajstić information content (AvgIpc) is 3.22. The molecule has 0 radical (unpaired) electrons. The Morgan fingerprint density at radius 1 is 0.964 bits per heavy atom. The fourth-order valence-electron chi connectivity index (χ4n) is 2.85. The summed E-state index contributed by atoms with van der Waals surface area (Å²) < 4.78 is 11.2. The first-order valence-electron chi connectivity index (χ1n) is 9.35. The predicted molar refractivity (Wildman–Crippen MR) is 105 cm³/mol. The molecule has 2 aromatic carbocycles. The van der Waals surface area contributed by atoms with E-state index < -0.39 is 6.10 Å². The number of benzene rings is 2. The molecule has 1 unspecified atom stereocenters. The van der Waals surface area contributed by atoms with Gasteiger partial charge in [0.05, 0.1) is 6.10 Å². The zero-order chi connectivity index (χ0) is 19.9. The van der Waals surface area contributed by atoms with Gasteiger partial charge in [-0.2, -0.15) is 0 Å². The Morgan fingerprint density at radius 3 is 2.11 bits per heavy atom. The first kappa shape index (κ1) is 20.1. The van der Waals surface area contributed by atoms with Gasteiger partial charge in [-0.05, 0) is 48.4 Å². The largest absolute Gasteiger partial charge is 0.457 e. The van der Waals surface area contributed by atoms with Crippen LogP contribution in [0, 0.1) is 5.92 Å². The smallest absolute Gasteiger partial charge is 0.194 e. The van der Waals surface area contributed by atoms with E-state index in [1.165, 1.54) is 0 Å². The molecule has 6 heteroatoms. The van der Waals surface area contributed by atoms with Crippen LogP contribution < -0.4 is 4.74 Å². The molecular weight excluding hydrogens is 358 g/mol. The van der Waals surface area contributed by atoms with Gasteiger partial charge in [0.2, 0.25) is 0 Å². The Labute approximate surface area is 164 Å². The van der Waals surface area contributed by atoms with Crippen LogP contribution in [0.2, 0.25) is 0 Å². The summed E-state index contributed by atoms with van der Waals surface area (Å²) in [5, 5.41) is 28.5. The number of ether oxygens (including phenoxy) is 1. The van der Waals surface area contributed by atoms with Crippen molar-refractivity contribution < 1.29 is 24.5 Å². The number of aryl methyl sites for hydroxylation is 1. The minimum atomic E-state index is -0.742. The van der Waals surface area contributed by atoms with Crippen LogP contribution in [0.1, 0.15) is 30.9 Å². The van der Waals surface area contributed by atoms with Gasteiger partial charge in [-0.25, -0.2) is 4.98 Å². The number of aromatic nitrogens is 1. The van der Waals surface area contributed by atoms with E-state index in [1.54, 1.807) is 30.5 Å². The van der Waals surface area contributed by atoms with E-state index in [0.717, 1.165) is 17.7 Å². The lowest BCUT2D eigenvalue weighted by molar-refractivity contribution is 0.0831. The average molecular weight is 383 g/mol. The zero-order valence-electron chi connectivity index (χ0n) is 15.8. The molecule has 0 saturated carbocycles. The van der Waals surface area contributed by atoms with E-state index in [-0.39, 0.29) is 19.1 Å². The molecule has 0 aliphatic heterocycles. The number of hydrogen-bond donors (Lipinski definition) is 3. The molecular formula is C22H25NO5. The number of nitrogens with zero attached hydrogens (tertiary/aromatic N) is 1. The molecule has 3 aromatic rings. The number of oxazole rings is 1. The first-order chi connectivity index (χ1) is 13.6. The van der Waals surface area contributed by atoms with Gasteiger partial charge in [0, 0.05) is 31.1 Å². The normalized spacial score (nSPS) is 12.3. The minimum absolute atomic E-state index is 0.154. The lowest BCUT2D eigenvalue weighted by atomic mass is 9.98. The zero-order valence-corrected chi connectivity index (χ0v) is 15.8. The van der Waals surface area contributed by atoms with Crippen LogP contribution in [0.15, 0.2) is 59.2 Å². The molecule has 0 aliphatic rings. The molecule has 0 amide bonds. The van der Waals surface area contributed by atoms with Crippen molar-refractivity contribution in [2.45, 2.75) is 25.9 Å². The van der Waals surface area contributed by atoms with Crippen LogP contribution >= 0.6 is 0 Å². The fourth-order valence-corrected chi connectivity index (χ4v) is 2.85. The van der Waals surface area contributed by atoms with Crippen molar-refractivity contribution in [1.82, 2.24) is 4.98 Å². The quantitative estimate of drug-likeness (QED) is 0.521. The molecule has 3 rings (SSSR count). The maximum absolute atomic E-state index is 10.2. The van der Waals surface area contributed by atoms with Gasteiger partial charge in [-0.15, -0.1) is 0 Å². The number of hydrogen-bond acceptors (Lipinski definition) is 6. The van der Waals surface area contributed by atoms with E-state index in [2.05, 4.69) is 4.98 Å². The Balaban J connectivity index is 1.62. The van der Waals surface area contributed by atoms with Gasteiger partial charge in [-0.1, -0.05) is 19.1 Å². The summed E-state index contributed by atoms with van der Waals surface area (Å²) in [5.41, 5.74) is 2.47. The Morgan fingerprint density at radius 2 is 1.57 bits per heavy atom. The van der Waals surface area contributed by atoms with Crippen LogP contribution in [0.3, 0.4) is 0 Å². The molecule has 1 aromatic heterocycles. The van der Waals surface area contributed by atoms with Gasteiger partial charge in [0.15, 0.2) is 5.89 Å². The van der Waals surface area contributed by atoms with Gasteiger partial charge < -0.3 is 24.5 Å². The van der Waals surface area contributed by atoms with Gasteiger partial charge in [0.25, 0.3) is 0 Å². The summed E-state index contributed by atoms with van der Waals surface area (Å²) in [6.45, 7) is 1.69. The van der Waals surface area contributed by atoms with Crippen LogP contribution in [-0.2, 0) is 6.42 Å². The number of aliphatic hydroxyl groups excluding tert-OH is 3. The third-order valence-corrected chi connectivity index (χ3v) is 4.58. The molecule has 3 N–H and O–H groups in total. The minimum Gasteiger partial charge on any atom is -0.457 e. The molecule has 6 nitrogen and oxygen atoms in total. The SMILES string of the molecule is CCc1nc(-c2ccc(Oc3ccc(C(O)CC(CO)CO)cc3)cc2)co1. The van der Waals surface area contributed by atoms with Gasteiger partial charge in [0.1, 0.15) is 23.5 Å². The van der Waals surface area contributed by atoms with Crippen molar-refractivity contribution in [2.75, 3.05) is 13.2 Å². The molecule has 0 fully saturated rings. The van der Waals surface area contributed by atoms with Crippen molar-refractivity contribution >= 4 is 0 Å². The highest BCUT2D eigenvalue weighted by Crippen LogP contribution is 2.28. The van der Waals surface area contributed by atoms with Gasteiger partial charge >= 0.3 is 0 Å². The van der Waals surface area contributed by atoms with Crippen LogP contribution in [0.5, 0.6) is 11.5 Å². The maximum Gasteiger partial charge on any atom is 0.194 e. The summed E-state index contributed by atoms with van der Waals surface area (Å²) in [4.78, 5) is 4.41. The highest BCUT2D eigenvalue weighted by molar-refractivity contribution is 5.59. The second-order valence-electron chi connectivity index (χ2n) is 6.66. The highest BCUT2D eigenvalue weighted by Gasteiger charge is 2.15. The van der Waals surface area contributed by atoms with Gasteiger partial charge in [-0.3, -0.25) is 0 Å². The van der Waals surface area contributed by atoms with Crippen LogP contribution in [0.4, 0.5) is 0 Å². The third kappa shape index (κ3) is 4.98. The van der Waals surface area contributed by atoms with Crippen molar-refractivity contribution in [3.05, 3.63) is 66.2 Å². The lowest BCUT2D eigenvalue weighted by Crippen LogP contribution is -2.15. The Kier molecular flexibility index (Phi) is 6.81. The van der Waals surface area contributed by atoms with Crippen molar-refractivity contribution in [2.24, 2.45) is 5.92 Å². The molecule has 0 bridgehead atoms. The topological polar surface area (TPSA) is 96.0 Å². The summed E-state index contributed by atoms with van der Waals surface area (Å²) in [7, 11) is 0. The van der Waals surface area contributed by atoms with Crippen LogP contribution in [0.25, 0.3) is 11.3 Å². The summed E-state index contributed by atoms with van der Waals surface area (Å²) in [6, 6.07) is 14.7. The summed E-state index contributed by atoms with van der Waals surface area (Å²) in [5.74, 6) is 1.72. The van der Waals surface area contributed by atoms with Crippen LogP contribution in [-0.4, -0.2) is 33.5 Å². The standard InChI is InChI=1S/C22H25NO5/c1-2-22-23-20(14-27-22)16-3-7-18(8-4-16)28-19-9-5-17(6-10-19)21(26)11-15(12-24)13-25/h3-10,14-15,21,24-26H,2,11-13H2,1H3. The molecule has 1 heterocycles. The summed E-state index contributed by atoms with van der Waals surface area (Å²) >= 11 is 0. The Bertz CT molecular complexity index is 853. The molecule has 1 atom stereocenters. The first-order valence-corrected chi connectivity index (χ1v) is 9.35. The van der Waals surface area contributed by atoms with Crippen molar-refractivity contribution in [3.8, 4) is 22.8 Å². The second kappa shape index (κ2) is 9.50. The summed E-state index contributed by atoms with van der Waals surface area (Å²) in [6.07, 6.45) is 1.97. The van der Waals surface area contributed by atoms with Crippen molar-refractivity contribution in [3.63, 3.8) is 0 Å². The monoisotopic (exact) mass is 383 g/mol. The van der Waals surface area contributed by atoms with E-state index in [9.17, 15) is 5.11 Å². The van der Waals surface area contributed by atoms with Crippen molar-refractivity contribution in [1.29, 1.82) is 0 Å². The highest BCUT2D eigenvalue weighted by atomic mass is 16.5. The molecule has 148 valence electrons. The number of aliphatic hydroxyl groups is 3. The maximum atomic E-state index is 10.2. The molecule has 0 saturated heterocycles. The molecule has 0 spiro atoms. The van der Waals surface area contributed by atoms with E-state index >= 15 is 0 Å².